The molecule has 0 amide bonds. The van der Waals surface area contributed by atoms with Gasteiger partial charge in [-0.3, -0.25) is 4.90 Å². The monoisotopic (exact) mass is 236 g/mol. The molecule has 1 fully saturated rings. The Labute approximate surface area is 106 Å². The van der Waals surface area contributed by atoms with Crippen molar-refractivity contribution in [2.45, 2.75) is 51.9 Å². The molecule has 2 nitrogen and oxygen atoms in total. The predicted molar refractivity (Wildman–Crippen MR) is 74.0 cm³/mol. The first-order valence-corrected chi connectivity index (χ1v) is 7.32. The van der Waals surface area contributed by atoms with Gasteiger partial charge in [-0.25, -0.2) is 0 Å². The van der Waals surface area contributed by atoms with Crippen LogP contribution >= 0.6 is 0 Å². The van der Waals surface area contributed by atoms with Crippen molar-refractivity contribution in [2.24, 2.45) is 11.1 Å². The highest BCUT2D eigenvalue weighted by molar-refractivity contribution is 5.04. The second-order valence-corrected chi connectivity index (χ2v) is 6.13. The highest BCUT2D eigenvalue weighted by Crippen LogP contribution is 2.38. The van der Waals surface area contributed by atoms with Crippen LogP contribution in [0.4, 0.5) is 0 Å². The van der Waals surface area contributed by atoms with E-state index in [4.69, 9.17) is 5.73 Å². The Balaban J connectivity index is 1.81. The van der Waals surface area contributed by atoms with Crippen LogP contribution in [0.5, 0.6) is 0 Å². The lowest BCUT2D eigenvalue weighted by Crippen LogP contribution is -2.38. The minimum Gasteiger partial charge on any atom is -0.330 e. The van der Waals surface area contributed by atoms with Crippen molar-refractivity contribution in [2.75, 3.05) is 26.2 Å². The molecule has 0 aromatic heterocycles. The summed E-state index contributed by atoms with van der Waals surface area (Å²) in [6.07, 6.45) is 11.9. The molecule has 0 unspecified atom stereocenters. The Hall–Kier alpha value is -0.340. The van der Waals surface area contributed by atoms with E-state index in [1.165, 1.54) is 64.6 Å². The molecule has 0 bridgehead atoms. The maximum absolute atomic E-state index is 6.05. The van der Waals surface area contributed by atoms with E-state index >= 15 is 0 Å². The van der Waals surface area contributed by atoms with Crippen molar-refractivity contribution in [1.82, 2.24) is 4.90 Å². The van der Waals surface area contributed by atoms with Gasteiger partial charge in [0.2, 0.25) is 0 Å². The minimum atomic E-state index is 0.479. The predicted octanol–water partition coefficient (Wildman–Crippen LogP) is 2.94. The summed E-state index contributed by atoms with van der Waals surface area (Å²) < 4.78 is 0. The molecule has 0 radical (unpaired) electrons. The molecule has 0 aromatic rings. The topological polar surface area (TPSA) is 29.3 Å². The van der Waals surface area contributed by atoms with Gasteiger partial charge >= 0.3 is 0 Å². The molecule has 0 saturated heterocycles. The Morgan fingerprint density at radius 2 is 2.06 bits per heavy atom. The number of nitrogens with zero attached hydrogens (tertiary/aromatic N) is 1. The summed E-state index contributed by atoms with van der Waals surface area (Å²) >= 11 is 0. The van der Waals surface area contributed by atoms with Crippen molar-refractivity contribution >= 4 is 0 Å². The SMILES string of the molecule is CC1=CCCN(CCC2(CN)CCCCC2)C1. The Morgan fingerprint density at radius 3 is 2.71 bits per heavy atom. The molecule has 0 spiro atoms. The molecule has 2 heteroatoms. The summed E-state index contributed by atoms with van der Waals surface area (Å²) in [6, 6.07) is 0. The van der Waals surface area contributed by atoms with Crippen LogP contribution in [0.2, 0.25) is 0 Å². The minimum absolute atomic E-state index is 0.479. The molecule has 2 rings (SSSR count). The van der Waals surface area contributed by atoms with Crippen LogP contribution in [0.15, 0.2) is 11.6 Å². The number of hydrogen-bond acceptors (Lipinski definition) is 2. The van der Waals surface area contributed by atoms with Gasteiger partial charge in [0.15, 0.2) is 0 Å². The summed E-state index contributed by atoms with van der Waals surface area (Å²) in [5, 5.41) is 0. The van der Waals surface area contributed by atoms with Gasteiger partial charge in [0.05, 0.1) is 0 Å². The van der Waals surface area contributed by atoms with Crippen LogP contribution in [-0.2, 0) is 0 Å². The largest absolute Gasteiger partial charge is 0.330 e. The van der Waals surface area contributed by atoms with Crippen molar-refractivity contribution in [3.63, 3.8) is 0 Å². The van der Waals surface area contributed by atoms with E-state index in [0.717, 1.165) is 6.54 Å². The zero-order valence-corrected chi connectivity index (χ0v) is 11.4. The van der Waals surface area contributed by atoms with E-state index in [1.807, 2.05) is 0 Å². The zero-order chi connectivity index (χ0) is 12.1. The molecular weight excluding hydrogens is 208 g/mol. The van der Waals surface area contributed by atoms with E-state index < -0.39 is 0 Å². The molecule has 1 aliphatic carbocycles. The second kappa shape index (κ2) is 6.01. The van der Waals surface area contributed by atoms with E-state index in [1.54, 1.807) is 5.57 Å². The molecule has 2 N–H and O–H groups in total. The third kappa shape index (κ3) is 3.56. The molecule has 98 valence electrons. The van der Waals surface area contributed by atoms with E-state index in [2.05, 4.69) is 17.9 Å². The van der Waals surface area contributed by atoms with Crippen molar-refractivity contribution in [3.05, 3.63) is 11.6 Å². The van der Waals surface area contributed by atoms with Crippen LogP contribution in [0.1, 0.15) is 51.9 Å². The standard InChI is InChI=1S/C15H28N2/c1-14-6-5-10-17(12-14)11-9-15(13-16)7-3-2-4-8-15/h6H,2-5,7-13,16H2,1H3. The van der Waals surface area contributed by atoms with Gasteiger partial charge in [0, 0.05) is 13.1 Å². The second-order valence-electron chi connectivity index (χ2n) is 6.13. The fourth-order valence-electron chi connectivity index (χ4n) is 3.43. The lowest BCUT2D eigenvalue weighted by Gasteiger charge is -2.38. The van der Waals surface area contributed by atoms with Gasteiger partial charge in [0.1, 0.15) is 0 Å². The Morgan fingerprint density at radius 1 is 1.29 bits per heavy atom. The molecule has 1 heterocycles. The van der Waals surface area contributed by atoms with Crippen LogP contribution in [0.3, 0.4) is 0 Å². The van der Waals surface area contributed by atoms with Crippen molar-refractivity contribution in [1.29, 1.82) is 0 Å². The molecule has 1 saturated carbocycles. The Kier molecular flexibility index (Phi) is 4.63. The molecule has 0 aromatic carbocycles. The van der Waals surface area contributed by atoms with Crippen LogP contribution in [0.25, 0.3) is 0 Å². The summed E-state index contributed by atoms with van der Waals surface area (Å²) in [5.41, 5.74) is 8.07. The summed E-state index contributed by atoms with van der Waals surface area (Å²) in [4.78, 5) is 2.61. The maximum Gasteiger partial charge on any atom is 0.0190 e. The van der Waals surface area contributed by atoms with Gasteiger partial charge in [0.25, 0.3) is 0 Å². The normalized spacial score (nSPS) is 25.6. The average Bonchev–Trinajstić information content (AvgIpc) is 2.38. The van der Waals surface area contributed by atoms with Crippen LogP contribution in [-0.4, -0.2) is 31.1 Å². The van der Waals surface area contributed by atoms with Crippen LogP contribution < -0.4 is 5.73 Å². The number of hydrogen-bond donors (Lipinski definition) is 1. The average molecular weight is 236 g/mol. The molecule has 17 heavy (non-hydrogen) atoms. The summed E-state index contributed by atoms with van der Waals surface area (Å²) in [6.45, 7) is 6.84. The molecule has 2 aliphatic rings. The van der Waals surface area contributed by atoms with Gasteiger partial charge < -0.3 is 5.73 Å². The van der Waals surface area contributed by atoms with Gasteiger partial charge in [-0.15, -0.1) is 0 Å². The van der Waals surface area contributed by atoms with Gasteiger partial charge in [-0.05, 0) is 51.1 Å². The fraction of sp³-hybridized carbons (Fsp3) is 0.867. The van der Waals surface area contributed by atoms with E-state index in [9.17, 15) is 0 Å². The fourth-order valence-corrected chi connectivity index (χ4v) is 3.43. The first-order chi connectivity index (χ1) is 8.24. The van der Waals surface area contributed by atoms with Crippen molar-refractivity contribution < 1.29 is 0 Å². The van der Waals surface area contributed by atoms with E-state index in [0.29, 0.717) is 5.41 Å². The van der Waals surface area contributed by atoms with E-state index in [-0.39, 0.29) is 0 Å². The lowest BCUT2D eigenvalue weighted by molar-refractivity contribution is 0.149. The number of nitrogens with two attached hydrogens (primary N) is 1. The first kappa shape index (κ1) is 13.1. The molecular formula is C15H28N2. The molecule has 1 aliphatic heterocycles. The maximum atomic E-state index is 6.05. The quantitative estimate of drug-likeness (QED) is 0.760. The molecule has 0 atom stereocenters. The third-order valence-corrected chi connectivity index (χ3v) is 4.72. The first-order valence-electron chi connectivity index (χ1n) is 7.32. The van der Waals surface area contributed by atoms with Crippen molar-refractivity contribution in [3.8, 4) is 0 Å². The lowest BCUT2D eigenvalue weighted by atomic mass is 9.72. The zero-order valence-electron chi connectivity index (χ0n) is 11.4. The summed E-state index contributed by atoms with van der Waals surface area (Å²) in [5.74, 6) is 0. The third-order valence-electron chi connectivity index (χ3n) is 4.72. The van der Waals surface area contributed by atoms with Gasteiger partial charge in [-0.1, -0.05) is 30.9 Å². The van der Waals surface area contributed by atoms with Gasteiger partial charge in [-0.2, -0.15) is 0 Å². The Bertz CT molecular complexity index is 264. The highest BCUT2D eigenvalue weighted by atomic mass is 15.1. The highest BCUT2D eigenvalue weighted by Gasteiger charge is 2.30. The number of rotatable bonds is 4. The summed E-state index contributed by atoms with van der Waals surface area (Å²) in [7, 11) is 0. The smallest absolute Gasteiger partial charge is 0.0190 e. The van der Waals surface area contributed by atoms with Crippen LogP contribution in [0, 0.1) is 5.41 Å².